The average Bonchev–Trinajstić information content (AvgIpc) is 3.27. The third-order valence-corrected chi connectivity index (χ3v) is 7.32. The fourth-order valence-corrected chi connectivity index (χ4v) is 5.68. The predicted octanol–water partition coefficient (Wildman–Crippen LogP) is 6.35. The fraction of sp³-hybridized carbons (Fsp3) is 0.345. The third-order valence-electron chi connectivity index (χ3n) is 7.32. The van der Waals surface area contributed by atoms with Crippen LogP contribution in [0.5, 0.6) is 0 Å². The lowest BCUT2D eigenvalue weighted by Gasteiger charge is -2.22. The van der Waals surface area contributed by atoms with Gasteiger partial charge in [0.1, 0.15) is 0 Å². The molecule has 6 rings (SSSR count). The Morgan fingerprint density at radius 1 is 0.969 bits per heavy atom. The van der Waals surface area contributed by atoms with E-state index in [0.717, 1.165) is 36.5 Å². The molecule has 162 valence electrons. The van der Waals surface area contributed by atoms with Crippen LogP contribution in [0.1, 0.15) is 36.8 Å². The Balaban J connectivity index is 1.30. The fourth-order valence-electron chi connectivity index (χ4n) is 5.68. The summed E-state index contributed by atoms with van der Waals surface area (Å²) in [6, 6.07) is 22.2. The van der Waals surface area contributed by atoms with Gasteiger partial charge in [0, 0.05) is 23.2 Å². The molecular weight excluding hydrogens is 390 g/mol. The number of nitrogens with one attached hydrogen (secondary N) is 2. The Morgan fingerprint density at radius 3 is 2.84 bits per heavy atom. The van der Waals surface area contributed by atoms with Gasteiger partial charge in [-0.25, -0.2) is 4.98 Å². The topological polar surface area (TPSA) is 37.0 Å². The zero-order valence-electron chi connectivity index (χ0n) is 18.7. The van der Waals surface area contributed by atoms with E-state index in [0.29, 0.717) is 0 Å². The molecule has 0 spiro atoms. The van der Waals surface area contributed by atoms with Gasteiger partial charge in [0.05, 0.1) is 11.2 Å². The van der Waals surface area contributed by atoms with Gasteiger partial charge in [-0.15, -0.1) is 0 Å². The van der Waals surface area contributed by atoms with Crippen molar-refractivity contribution < 1.29 is 0 Å². The van der Waals surface area contributed by atoms with Gasteiger partial charge in [-0.3, -0.25) is 0 Å². The maximum absolute atomic E-state index is 5.06. The van der Waals surface area contributed by atoms with E-state index in [4.69, 9.17) is 4.98 Å². The molecule has 0 amide bonds. The monoisotopic (exact) mass is 421 g/mol. The Bertz CT molecular complexity index is 1270. The zero-order valence-corrected chi connectivity index (χ0v) is 18.7. The summed E-state index contributed by atoms with van der Waals surface area (Å²) < 4.78 is 0. The summed E-state index contributed by atoms with van der Waals surface area (Å²) in [6.45, 7) is 3.39. The van der Waals surface area contributed by atoms with E-state index in [1.807, 2.05) is 0 Å². The van der Waals surface area contributed by atoms with Gasteiger partial charge in [-0.05, 0) is 104 Å². The minimum Gasteiger partial charge on any atom is -0.384 e. The minimum absolute atomic E-state index is 0.839. The van der Waals surface area contributed by atoms with Crippen LogP contribution in [0.3, 0.4) is 0 Å². The highest BCUT2D eigenvalue weighted by atomic mass is 14.9. The lowest BCUT2D eigenvalue weighted by Crippen LogP contribution is -2.29. The number of anilines is 1. The summed E-state index contributed by atoms with van der Waals surface area (Å²) in [4.78, 5) is 5.06. The number of fused-ring (bicyclic) bond motifs is 1. The van der Waals surface area contributed by atoms with E-state index >= 15 is 0 Å². The van der Waals surface area contributed by atoms with Gasteiger partial charge in [0.2, 0.25) is 0 Å². The molecule has 1 aromatic heterocycles. The van der Waals surface area contributed by atoms with Crippen molar-refractivity contribution in [1.29, 1.82) is 0 Å². The lowest BCUT2D eigenvalue weighted by atomic mass is 9.95. The first-order valence-electron chi connectivity index (χ1n) is 12.2. The van der Waals surface area contributed by atoms with Crippen LogP contribution in [0.4, 0.5) is 5.69 Å². The highest BCUT2D eigenvalue weighted by Crippen LogP contribution is 2.36. The van der Waals surface area contributed by atoms with E-state index in [1.165, 1.54) is 77.3 Å². The summed E-state index contributed by atoms with van der Waals surface area (Å²) in [5.74, 6) is 0.839. The molecule has 2 aliphatic rings. The molecule has 1 fully saturated rings. The number of piperidine rings is 1. The SMILES string of the molecule is c1cc2c3c(cc(-c4cc(NCCCC5CCCNC5)c5ccccc5n4)cc3c1)CC2. The Morgan fingerprint density at radius 2 is 1.91 bits per heavy atom. The van der Waals surface area contributed by atoms with Crippen molar-refractivity contribution in [3.63, 3.8) is 0 Å². The molecule has 3 heteroatoms. The van der Waals surface area contributed by atoms with E-state index in [9.17, 15) is 0 Å². The van der Waals surface area contributed by atoms with Gasteiger partial charge in [-0.1, -0.05) is 36.4 Å². The molecule has 32 heavy (non-hydrogen) atoms. The van der Waals surface area contributed by atoms with Crippen LogP contribution in [-0.4, -0.2) is 24.6 Å². The highest BCUT2D eigenvalue weighted by molar-refractivity contribution is 5.97. The summed E-state index contributed by atoms with van der Waals surface area (Å²) >= 11 is 0. The molecule has 1 unspecified atom stereocenters. The molecule has 1 aliphatic heterocycles. The normalized spacial score (nSPS) is 17.8. The standard InChI is InChI=1S/C29H31N3/c1-2-11-26-25(10-1)28(31-15-5-7-20-6-4-14-30-19-20)18-27(32-26)24-16-22-9-3-8-21-12-13-23(17-24)29(21)22/h1-3,8-11,16-18,20,30H,4-7,12-15,19H2,(H,31,32). The van der Waals surface area contributed by atoms with Gasteiger partial charge in [0.25, 0.3) is 0 Å². The van der Waals surface area contributed by atoms with E-state index in [-0.39, 0.29) is 0 Å². The predicted molar refractivity (Wildman–Crippen MR) is 135 cm³/mol. The van der Waals surface area contributed by atoms with Gasteiger partial charge < -0.3 is 10.6 Å². The first kappa shape index (κ1) is 19.8. The number of rotatable bonds is 6. The van der Waals surface area contributed by atoms with Crippen molar-refractivity contribution in [3.05, 3.63) is 71.8 Å². The number of para-hydroxylation sites is 1. The smallest absolute Gasteiger partial charge is 0.0730 e. The molecule has 4 aromatic rings. The van der Waals surface area contributed by atoms with Crippen LogP contribution in [-0.2, 0) is 12.8 Å². The molecule has 3 aromatic carbocycles. The van der Waals surface area contributed by atoms with Crippen molar-refractivity contribution >= 4 is 27.4 Å². The van der Waals surface area contributed by atoms with E-state index in [2.05, 4.69) is 71.3 Å². The Hall–Kier alpha value is -2.91. The summed E-state index contributed by atoms with van der Waals surface area (Å²) in [5, 5.41) is 11.3. The number of aryl methyl sites for hydroxylation is 2. The zero-order chi connectivity index (χ0) is 21.3. The molecule has 3 nitrogen and oxygen atoms in total. The number of aromatic nitrogens is 1. The highest BCUT2D eigenvalue weighted by Gasteiger charge is 2.17. The lowest BCUT2D eigenvalue weighted by molar-refractivity contribution is 0.353. The maximum atomic E-state index is 5.06. The Kier molecular flexibility index (Phi) is 5.28. The minimum atomic E-state index is 0.839. The van der Waals surface area contributed by atoms with Crippen molar-refractivity contribution in [2.24, 2.45) is 5.92 Å². The summed E-state index contributed by atoms with van der Waals surface area (Å²) in [7, 11) is 0. The number of nitrogens with zero attached hydrogens (tertiary/aromatic N) is 1. The second kappa shape index (κ2) is 8.55. The molecule has 2 heterocycles. The molecular formula is C29H31N3. The number of hydrogen-bond donors (Lipinski definition) is 2. The van der Waals surface area contributed by atoms with Crippen molar-refractivity contribution in [2.45, 2.75) is 38.5 Å². The Labute approximate surface area is 190 Å². The number of hydrogen-bond acceptors (Lipinski definition) is 3. The maximum Gasteiger partial charge on any atom is 0.0730 e. The number of pyridine rings is 1. The van der Waals surface area contributed by atoms with Crippen LogP contribution < -0.4 is 10.6 Å². The van der Waals surface area contributed by atoms with E-state index in [1.54, 1.807) is 0 Å². The molecule has 1 aliphatic carbocycles. The molecule has 2 N–H and O–H groups in total. The van der Waals surface area contributed by atoms with Crippen molar-refractivity contribution in [3.8, 4) is 11.3 Å². The largest absolute Gasteiger partial charge is 0.384 e. The van der Waals surface area contributed by atoms with Crippen molar-refractivity contribution in [2.75, 3.05) is 25.0 Å². The van der Waals surface area contributed by atoms with Gasteiger partial charge in [-0.2, -0.15) is 0 Å². The summed E-state index contributed by atoms with van der Waals surface area (Å²) in [5.41, 5.74) is 7.53. The quantitative estimate of drug-likeness (QED) is 0.356. The number of benzene rings is 3. The first-order chi connectivity index (χ1) is 15.8. The first-order valence-corrected chi connectivity index (χ1v) is 12.2. The molecule has 0 radical (unpaired) electrons. The molecule has 1 saturated heterocycles. The molecule has 1 atom stereocenters. The second-order valence-electron chi connectivity index (χ2n) is 9.50. The molecule has 0 bridgehead atoms. The van der Waals surface area contributed by atoms with E-state index < -0.39 is 0 Å². The van der Waals surface area contributed by atoms with Crippen LogP contribution in [0.2, 0.25) is 0 Å². The average molecular weight is 422 g/mol. The second-order valence-corrected chi connectivity index (χ2v) is 9.50. The van der Waals surface area contributed by atoms with Crippen LogP contribution in [0, 0.1) is 5.92 Å². The molecule has 0 saturated carbocycles. The van der Waals surface area contributed by atoms with Crippen molar-refractivity contribution in [1.82, 2.24) is 10.3 Å². The van der Waals surface area contributed by atoms with Crippen LogP contribution in [0.25, 0.3) is 32.9 Å². The third kappa shape index (κ3) is 3.75. The van der Waals surface area contributed by atoms with Crippen LogP contribution >= 0.6 is 0 Å². The van der Waals surface area contributed by atoms with Crippen LogP contribution in [0.15, 0.2) is 60.7 Å². The van der Waals surface area contributed by atoms with Gasteiger partial charge >= 0.3 is 0 Å². The van der Waals surface area contributed by atoms with Gasteiger partial charge in [0.15, 0.2) is 0 Å². The summed E-state index contributed by atoms with van der Waals surface area (Å²) in [6.07, 6.45) is 7.50.